The summed E-state index contributed by atoms with van der Waals surface area (Å²) in [5.41, 5.74) is 1.39. The van der Waals surface area contributed by atoms with E-state index in [9.17, 15) is 4.79 Å². The Bertz CT molecular complexity index is 1370. The number of thioether (sulfide) groups is 1. The van der Waals surface area contributed by atoms with Gasteiger partial charge in [0.2, 0.25) is 0 Å². The summed E-state index contributed by atoms with van der Waals surface area (Å²) in [5, 5.41) is 11.3. The summed E-state index contributed by atoms with van der Waals surface area (Å²) in [6.45, 7) is 7.53. The van der Waals surface area contributed by atoms with E-state index in [1.807, 2.05) is 54.2 Å². The monoisotopic (exact) mass is 504 g/mol. The molecule has 1 saturated heterocycles. The van der Waals surface area contributed by atoms with Gasteiger partial charge in [-0.1, -0.05) is 49.0 Å². The average molecular weight is 505 g/mol. The van der Waals surface area contributed by atoms with Crippen molar-refractivity contribution in [2.75, 3.05) is 36.9 Å². The molecular formula is C27H32N6O2S. The molecule has 8 nitrogen and oxygen atoms in total. The Labute approximate surface area is 215 Å². The van der Waals surface area contributed by atoms with Crippen LogP contribution in [0.3, 0.4) is 0 Å². The van der Waals surface area contributed by atoms with Crippen LogP contribution in [0.2, 0.25) is 0 Å². The number of aromatic nitrogens is 4. The number of ether oxygens (including phenoxy) is 1. The SMILES string of the molecule is CCCSc1nc(N2CCCC2)c2cnn(CCNC(=O)c3c(OCC)ccc4ccccc34)c2n1. The number of hydrogen-bond donors (Lipinski definition) is 1. The zero-order valence-corrected chi connectivity index (χ0v) is 21.7. The molecule has 4 aromatic rings. The summed E-state index contributed by atoms with van der Waals surface area (Å²) in [7, 11) is 0. The third kappa shape index (κ3) is 4.97. The van der Waals surface area contributed by atoms with E-state index in [1.165, 1.54) is 12.8 Å². The smallest absolute Gasteiger partial charge is 0.255 e. The van der Waals surface area contributed by atoms with Gasteiger partial charge in [-0.2, -0.15) is 5.10 Å². The third-order valence-electron chi connectivity index (χ3n) is 6.32. The van der Waals surface area contributed by atoms with Crippen LogP contribution in [0.4, 0.5) is 5.82 Å². The number of carbonyl (C=O) groups is 1. The molecule has 36 heavy (non-hydrogen) atoms. The van der Waals surface area contributed by atoms with E-state index in [1.54, 1.807) is 11.8 Å². The zero-order chi connectivity index (χ0) is 24.9. The summed E-state index contributed by atoms with van der Waals surface area (Å²) in [5.74, 6) is 2.39. The summed E-state index contributed by atoms with van der Waals surface area (Å²) in [6.07, 6.45) is 5.29. The Kier molecular flexibility index (Phi) is 7.55. The van der Waals surface area contributed by atoms with Gasteiger partial charge < -0.3 is 15.0 Å². The Hall–Kier alpha value is -3.33. The number of rotatable bonds is 10. The second-order valence-electron chi connectivity index (χ2n) is 8.83. The van der Waals surface area contributed by atoms with Gasteiger partial charge in [-0.3, -0.25) is 4.79 Å². The number of anilines is 1. The van der Waals surface area contributed by atoms with E-state index in [0.717, 1.165) is 58.0 Å². The molecule has 0 saturated carbocycles. The fraction of sp³-hybridized carbons (Fsp3) is 0.407. The van der Waals surface area contributed by atoms with E-state index in [-0.39, 0.29) is 5.91 Å². The minimum absolute atomic E-state index is 0.154. The van der Waals surface area contributed by atoms with E-state index in [4.69, 9.17) is 14.7 Å². The lowest BCUT2D eigenvalue weighted by atomic mass is 10.0. The fourth-order valence-corrected chi connectivity index (χ4v) is 5.33. The highest BCUT2D eigenvalue weighted by Crippen LogP contribution is 2.30. The molecule has 0 aliphatic carbocycles. The lowest BCUT2D eigenvalue weighted by Crippen LogP contribution is -2.28. The molecule has 5 rings (SSSR count). The first-order chi connectivity index (χ1) is 17.7. The first-order valence-corrected chi connectivity index (χ1v) is 13.7. The van der Waals surface area contributed by atoms with Crippen molar-refractivity contribution in [3.63, 3.8) is 0 Å². The molecule has 1 aliphatic heterocycles. The molecular weight excluding hydrogens is 472 g/mol. The molecule has 1 fully saturated rings. The predicted molar refractivity (Wildman–Crippen MR) is 145 cm³/mol. The van der Waals surface area contributed by atoms with Crippen molar-refractivity contribution in [2.45, 2.75) is 44.8 Å². The standard InChI is InChI=1S/C27H32N6O2S/c1-3-17-36-27-30-24(32-14-7-8-15-32)21-18-29-33(25(21)31-27)16-13-28-26(34)23-20-10-6-5-9-19(20)11-12-22(23)35-4-2/h5-6,9-12,18H,3-4,7-8,13-17H2,1-2H3,(H,28,34). The maximum atomic E-state index is 13.3. The summed E-state index contributed by atoms with van der Waals surface area (Å²) < 4.78 is 7.66. The minimum Gasteiger partial charge on any atom is -0.493 e. The first-order valence-electron chi connectivity index (χ1n) is 12.7. The second-order valence-corrected chi connectivity index (χ2v) is 9.89. The average Bonchev–Trinajstić information content (AvgIpc) is 3.58. The van der Waals surface area contributed by atoms with Crippen LogP contribution in [0.25, 0.3) is 21.8 Å². The molecule has 188 valence electrons. The first kappa shape index (κ1) is 24.4. The molecule has 3 heterocycles. The fourth-order valence-electron chi connectivity index (χ4n) is 4.64. The number of nitrogens with zero attached hydrogens (tertiary/aromatic N) is 5. The molecule has 1 amide bonds. The van der Waals surface area contributed by atoms with E-state index in [2.05, 4.69) is 22.2 Å². The van der Waals surface area contributed by atoms with Crippen molar-refractivity contribution >= 4 is 45.3 Å². The molecule has 1 aliphatic rings. The maximum Gasteiger partial charge on any atom is 0.255 e. The number of hydrogen-bond acceptors (Lipinski definition) is 7. The highest BCUT2D eigenvalue weighted by molar-refractivity contribution is 7.99. The van der Waals surface area contributed by atoms with Gasteiger partial charge >= 0.3 is 0 Å². The van der Waals surface area contributed by atoms with Crippen LogP contribution < -0.4 is 15.0 Å². The van der Waals surface area contributed by atoms with Gasteiger partial charge in [0.1, 0.15) is 11.6 Å². The van der Waals surface area contributed by atoms with Crippen LogP contribution in [-0.4, -0.2) is 57.6 Å². The Balaban J connectivity index is 1.37. The zero-order valence-electron chi connectivity index (χ0n) is 20.9. The Morgan fingerprint density at radius 2 is 1.92 bits per heavy atom. The van der Waals surface area contributed by atoms with Crippen molar-refractivity contribution in [1.29, 1.82) is 0 Å². The molecule has 0 atom stereocenters. The number of fused-ring (bicyclic) bond motifs is 2. The molecule has 0 bridgehead atoms. The van der Waals surface area contributed by atoms with E-state index in [0.29, 0.717) is 31.0 Å². The molecule has 1 N–H and O–H groups in total. The predicted octanol–water partition coefficient (Wildman–Crippen LogP) is 4.91. The van der Waals surface area contributed by atoms with Crippen molar-refractivity contribution in [1.82, 2.24) is 25.1 Å². The molecule has 0 spiro atoms. The number of benzene rings is 2. The van der Waals surface area contributed by atoms with Crippen LogP contribution in [-0.2, 0) is 6.54 Å². The molecule has 0 radical (unpaired) electrons. The molecule has 2 aromatic carbocycles. The molecule has 9 heteroatoms. The Morgan fingerprint density at radius 1 is 1.08 bits per heavy atom. The molecule has 0 unspecified atom stereocenters. The third-order valence-corrected chi connectivity index (χ3v) is 7.38. The summed E-state index contributed by atoms with van der Waals surface area (Å²) in [4.78, 5) is 25.3. The van der Waals surface area contributed by atoms with Gasteiger partial charge in [0.15, 0.2) is 10.8 Å². The van der Waals surface area contributed by atoms with Gasteiger partial charge in [0, 0.05) is 25.4 Å². The topological polar surface area (TPSA) is 85.2 Å². The van der Waals surface area contributed by atoms with Crippen molar-refractivity contribution in [2.24, 2.45) is 0 Å². The largest absolute Gasteiger partial charge is 0.493 e. The normalized spacial score (nSPS) is 13.6. The van der Waals surface area contributed by atoms with Crippen molar-refractivity contribution in [3.8, 4) is 5.75 Å². The van der Waals surface area contributed by atoms with Gasteiger partial charge in [0.25, 0.3) is 5.91 Å². The highest BCUT2D eigenvalue weighted by atomic mass is 32.2. The van der Waals surface area contributed by atoms with Crippen LogP contribution >= 0.6 is 11.8 Å². The van der Waals surface area contributed by atoms with Crippen molar-refractivity contribution in [3.05, 3.63) is 48.2 Å². The Morgan fingerprint density at radius 3 is 2.72 bits per heavy atom. The lowest BCUT2D eigenvalue weighted by molar-refractivity contribution is 0.0950. The number of carbonyl (C=O) groups excluding carboxylic acids is 1. The van der Waals surface area contributed by atoms with Crippen molar-refractivity contribution < 1.29 is 9.53 Å². The quantitative estimate of drug-likeness (QED) is 0.243. The summed E-state index contributed by atoms with van der Waals surface area (Å²) in [6, 6.07) is 11.7. The van der Waals surface area contributed by atoms with Gasteiger partial charge in [-0.25, -0.2) is 14.6 Å². The lowest BCUT2D eigenvalue weighted by Gasteiger charge is -2.18. The minimum atomic E-state index is -0.154. The highest BCUT2D eigenvalue weighted by Gasteiger charge is 2.21. The van der Waals surface area contributed by atoms with Crippen LogP contribution in [0.5, 0.6) is 5.75 Å². The maximum absolute atomic E-state index is 13.3. The van der Waals surface area contributed by atoms with Gasteiger partial charge in [-0.05, 0) is 43.0 Å². The molecule has 2 aromatic heterocycles. The van der Waals surface area contributed by atoms with E-state index < -0.39 is 0 Å². The number of amides is 1. The van der Waals surface area contributed by atoms with E-state index >= 15 is 0 Å². The van der Waals surface area contributed by atoms with Crippen LogP contribution in [0.1, 0.15) is 43.5 Å². The van der Waals surface area contributed by atoms with Gasteiger partial charge in [-0.15, -0.1) is 0 Å². The summed E-state index contributed by atoms with van der Waals surface area (Å²) >= 11 is 1.68. The second kappa shape index (κ2) is 11.2. The van der Waals surface area contributed by atoms with Crippen LogP contribution in [0.15, 0.2) is 47.8 Å². The number of nitrogens with one attached hydrogen (secondary N) is 1. The van der Waals surface area contributed by atoms with Gasteiger partial charge in [0.05, 0.1) is 30.3 Å². The van der Waals surface area contributed by atoms with Crippen LogP contribution in [0, 0.1) is 0 Å².